The largest absolute Gasteiger partial charge is 0.344 e. The summed E-state index contributed by atoms with van der Waals surface area (Å²) in [6, 6.07) is 8.56. The number of fused-ring (bicyclic) bond motifs is 3. The minimum absolute atomic E-state index is 0.158. The fourth-order valence-corrected chi connectivity index (χ4v) is 4.75. The summed E-state index contributed by atoms with van der Waals surface area (Å²) < 4.78 is 14.9. The van der Waals surface area contributed by atoms with Gasteiger partial charge >= 0.3 is 0 Å². The Morgan fingerprint density at radius 1 is 1.12 bits per heavy atom. The highest BCUT2D eigenvalue weighted by Gasteiger charge is 2.53. The molecule has 5 rings (SSSR count). The normalized spacial score (nSPS) is 33.0. The summed E-state index contributed by atoms with van der Waals surface area (Å²) in [5.41, 5.74) is 6.35. The van der Waals surface area contributed by atoms with Gasteiger partial charge in [0.25, 0.3) is 0 Å². The molecule has 1 saturated carbocycles. The van der Waals surface area contributed by atoms with Gasteiger partial charge in [0.2, 0.25) is 0 Å². The minimum Gasteiger partial charge on any atom is -0.344 e. The lowest BCUT2D eigenvalue weighted by molar-refractivity contribution is -0.213. The molecule has 2 heterocycles. The van der Waals surface area contributed by atoms with Crippen LogP contribution in [0.2, 0.25) is 0 Å². The highest BCUT2D eigenvalue weighted by atomic mass is 16.8. The maximum Gasteiger partial charge on any atom is 0.176 e. The standard InChI is InChI=1S/C22H26N2O2/c1-14-6-8-19(9-7-14)24-21-12-17-5-4-10-22(25-15(2)16(3)26-22)20(17)11-18(21)13-23-24/h6-9,12-13,15-16,20H,4-5,10-11H2,1-3H3/t15-,16?,20?,22?/m0/s1. The maximum atomic E-state index is 6.40. The fourth-order valence-electron chi connectivity index (χ4n) is 4.75. The molecular weight excluding hydrogens is 324 g/mol. The van der Waals surface area contributed by atoms with Crippen LogP contribution in [0.5, 0.6) is 0 Å². The van der Waals surface area contributed by atoms with Crippen LogP contribution in [0.4, 0.5) is 0 Å². The zero-order chi connectivity index (χ0) is 17.9. The van der Waals surface area contributed by atoms with Crippen molar-refractivity contribution in [3.8, 4) is 5.69 Å². The lowest BCUT2D eigenvalue weighted by Crippen LogP contribution is -2.45. The first-order valence-electron chi connectivity index (χ1n) is 9.76. The van der Waals surface area contributed by atoms with E-state index in [4.69, 9.17) is 14.6 Å². The SMILES string of the molecule is Cc1ccc(-n2ncc3c2C=C2CCCC4(OC(C)[C@H](C)O4)C2C3)cc1. The molecule has 26 heavy (non-hydrogen) atoms. The van der Waals surface area contributed by atoms with E-state index in [1.54, 1.807) is 0 Å². The second kappa shape index (κ2) is 5.80. The van der Waals surface area contributed by atoms with Crippen molar-refractivity contribution in [2.24, 2.45) is 5.92 Å². The van der Waals surface area contributed by atoms with Crippen molar-refractivity contribution < 1.29 is 9.47 Å². The zero-order valence-electron chi connectivity index (χ0n) is 15.7. The van der Waals surface area contributed by atoms with Gasteiger partial charge in [-0.05, 0) is 63.8 Å². The van der Waals surface area contributed by atoms with Gasteiger partial charge in [-0.25, -0.2) is 4.68 Å². The topological polar surface area (TPSA) is 36.3 Å². The maximum absolute atomic E-state index is 6.40. The van der Waals surface area contributed by atoms with Crippen LogP contribution in [-0.2, 0) is 15.9 Å². The van der Waals surface area contributed by atoms with Gasteiger partial charge in [-0.2, -0.15) is 5.10 Å². The molecule has 136 valence electrons. The Morgan fingerprint density at radius 3 is 2.58 bits per heavy atom. The predicted molar refractivity (Wildman–Crippen MR) is 101 cm³/mol. The highest BCUT2D eigenvalue weighted by molar-refractivity contribution is 5.60. The molecule has 0 N–H and O–H groups in total. The minimum atomic E-state index is -0.438. The molecule has 1 aromatic heterocycles. The Hall–Kier alpha value is -1.91. The first-order valence-corrected chi connectivity index (χ1v) is 9.76. The summed E-state index contributed by atoms with van der Waals surface area (Å²) in [5.74, 6) is -0.126. The number of benzene rings is 1. The van der Waals surface area contributed by atoms with Crippen molar-refractivity contribution in [3.63, 3.8) is 0 Å². The Balaban J connectivity index is 1.53. The summed E-state index contributed by atoms with van der Waals surface area (Å²) in [6.45, 7) is 6.36. The van der Waals surface area contributed by atoms with Crippen molar-refractivity contribution in [1.29, 1.82) is 0 Å². The number of ether oxygens (including phenoxy) is 2. The molecule has 0 amide bonds. The summed E-state index contributed by atoms with van der Waals surface area (Å²) in [4.78, 5) is 0. The van der Waals surface area contributed by atoms with Crippen molar-refractivity contribution >= 4 is 6.08 Å². The zero-order valence-corrected chi connectivity index (χ0v) is 15.7. The average Bonchev–Trinajstić information content (AvgIpc) is 3.16. The molecule has 2 aromatic rings. The van der Waals surface area contributed by atoms with E-state index < -0.39 is 5.79 Å². The van der Waals surface area contributed by atoms with Gasteiger partial charge in [0.05, 0.1) is 29.8 Å². The molecule has 1 aliphatic heterocycles. The molecule has 4 atom stereocenters. The second-order valence-corrected chi connectivity index (χ2v) is 8.09. The van der Waals surface area contributed by atoms with E-state index in [1.165, 1.54) is 22.4 Å². The molecule has 2 fully saturated rings. The van der Waals surface area contributed by atoms with Gasteiger partial charge in [-0.3, -0.25) is 0 Å². The average molecular weight is 350 g/mol. The van der Waals surface area contributed by atoms with E-state index >= 15 is 0 Å². The van der Waals surface area contributed by atoms with Crippen LogP contribution in [0.15, 0.2) is 36.0 Å². The molecule has 1 aromatic carbocycles. The summed E-state index contributed by atoms with van der Waals surface area (Å²) in [5, 5.41) is 4.69. The third-order valence-electron chi connectivity index (χ3n) is 6.31. The van der Waals surface area contributed by atoms with Gasteiger partial charge in [0.1, 0.15) is 0 Å². The molecule has 0 radical (unpaired) electrons. The second-order valence-electron chi connectivity index (χ2n) is 8.09. The van der Waals surface area contributed by atoms with Gasteiger partial charge in [0, 0.05) is 12.3 Å². The summed E-state index contributed by atoms with van der Waals surface area (Å²) in [6.07, 6.45) is 8.87. The number of nitrogens with zero attached hydrogens (tertiary/aromatic N) is 2. The van der Waals surface area contributed by atoms with E-state index in [2.05, 4.69) is 55.8 Å². The van der Waals surface area contributed by atoms with E-state index in [9.17, 15) is 0 Å². The van der Waals surface area contributed by atoms with Crippen LogP contribution in [-0.4, -0.2) is 27.8 Å². The van der Waals surface area contributed by atoms with Crippen molar-refractivity contribution in [1.82, 2.24) is 9.78 Å². The third-order valence-corrected chi connectivity index (χ3v) is 6.31. The van der Waals surface area contributed by atoms with Crippen molar-refractivity contribution in [2.45, 2.75) is 64.4 Å². The van der Waals surface area contributed by atoms with Crippen LogP contribution in [0.25, 0.3) is 11.8 Å². The van der Waals surface area contributed by atoms with E-state index in [0.717, 1.165) is 31.4 Å². The van der Waals surface area contributed by atoms with Crippen LogP contribution in [0.3, 0.4) is 0 Å². The van der Waals surface area contributed by atoms with Crippen molar-refractivity contribution in [2.75, 3.05) is 0 Å². The third kappa shape index (κ3) is 2.39. The predicted octanol–water partition coefficient (Wildman–Crippen LogP) is 4.44. The van der Waals surface area contributed by atoms with E-state index in [-0.39, 0.29) is 12.2 Å². The molecule has 1 saturated heterocycles. The number of hydrogen-bond donors (Lipinski definition) is 0. The number of rotatable bonds is 1. The lowest BCUT2D eigenvalue weighted by Gasteiger charge is -2.43. The van der Waals surface area contributed by atoms with E-state index in [0.29, 0.717) is 5.92 Å². The van der Waals surface area contributed by atoms with Gasteiger partial charge in [-0.15, -0.1) is 0 Å². The lowest BCUT2D eigenvalue weighted by atomic mass is 9.73. The van der Waals surface area contributed by atoms with Crippen LogP contribution in [0.1, 0.15) is 49.9 Å². The summed E-state index contributed by atoms with van der Waals surface area (Å²) in [7, 11) is 0. The molecule has 0 bridgehead atoms. The number of hydrogen-bond acceptors (Lipinski definition) is 3. The Kier molecular flexibility index (Phi) is 3.63. The summed E-state index contributed by atoms with van der Waals surface area (Å²) >= 11 is 0. The number of aryl methyl sites for hydroxylation is 1. The van der Waals surface area contributed by atoms with Crippen LogP contribution >= 0.6 is 0 Å². The van der Waals surface area contributed by atoms with Gasteiger partial charge in [-0.1, -0.05) is 23.3 Å². The molecular formula is C22H26N2O2. The fraction of sp³-hybridized carbons (Fsp3) is 0.500. The molecule has 4 nitrogen and oxygen atoms in total. The van der Waals surface area contributed by atoms with Crippen LogP contribution in [0, 0.1) is 12.8 Å². The Labute approximate surface area is 154 Å². The van der Waals surface area contributed by atoms with Crippen molar-refractivity contribution in [3.05, 3.63) is 52.9 Å². The monoisotopic (exact) mass is 350 g/mol. The molecule has 3 aliphatic rings. The molecule has 4 heteroatoms. The molecule has 3 unspecified atom stereocenters. The Bertz CT molecular complexity index is 855. The molecule has 2 aliphatic carbocycles. The Morgan fingerprint density at radius 2 is 1.85 bits per heavy atom. The van der Waals surface area contributed by atoms with Gasteiger partial charge < -0.3 is 9.47 Å². The quantitative estimate of drug-likeness (QED) is 0.763. The first-order chi connectivity index (χ1) is 12.6. The smallest absolute Gasteiger partial charge is 0.176 e. The first kappa shape index (κ1) is 16.3. The molecule has 1 spiro atoms. The number of aromatic nitrogens is 2. The highest BCUT2D eigenvalue weighted by Crippen LogP contribution is 2.50. The van der Waals surface area contributed by atoms with Crippen LogP contribution < -0.4 is 0 Å². The van der Waals surface area contributed by atoms with Gasteiger partial charge in [0.15, 0.2) is 5.79 Å². The van der Waals surface area contributed by atoms with E-state index in [1.807, 2.05) is 6.20 Å².